The molecule has 2 aromatic heterocycles. The maximum atomic E-state index is 12.5. The van der Waals surface area contributed by atoms with Crippen molar-refractivity contribution in [3.05, 3.63) is 45.3 Å². The van der Waals surface area contributed by atoms with E-state index >= 15 is 0 Å². The molecule has 0 fully saturated rings. The molecule has 2 heterocycles. The SMILES string of the molecule is CCOc1ncccc1CNC(=O)c1csc2c1CCC(C)C2. The molecule has 0 radical (unpaired) electrons. The fourth-order valence-electron chi connectivity index (χ4n) is 2.96. The van der Waals surface area contributed by atoms with Crippen molar-refractivity contribution in [1.82, 2.24) is 10.3 Å². The summed E-state index contributed by atoms with van der Waals surface area (Å²) < 4.78 is 5.50. The number of carbonyl (C=O) groups is 1. The molecule has 1 aliphatic rings. The van der Waals surface area contributed by atoms with E-state index in [1.807, 2.05) is 24.4 Å². The van der Waals surface area contributed by atoms with Gasteiger partial charge >= 0.3 is 0 Å². The molecule has 0 aromatic carbocycles. The summed E-state index contributed by atoms with van der Waals surface area (Å²) in [6.45, 7) is 5.20. The van der Waals surface area contributed by atoms with Gasteiger partial charge in [0, 0.05) is 28.6 Å². The van der Waals surface area contributed by atoms with Gasteiger partial charge in [-0.2, -0.15) is 0 Å². The molecular formula is C18H22N2O2S. The molecule has 0 saturated heterocycles. The summed E-state index contributed by atoms with van der Waals surface area (Å²) in [5.41, 5.74) is 3.00. The molecule has 23 heavy (non-hydrogen) atoms. The number of ether oxygens (including phenoxy) is 1. The highest BCUT2D eigenvalue weighted by molar-refractivity contribution is 7.10. The summed E-state index contributed by atoms with van der Waals surface area (Å²) in [5.74, 6) is 1.32. The van der Waals surface area contributed by atoms with Crippen LogP contribution in [0.1, 0.15) is 46.6 Å². The van der Waals surface area contributed by atoms with Crippen LogP contribution >= 0.6 is 11.3 Å². The third-order valence-electron chi connectivity index (χ3n) is 4.22. The van der Waals surface area contributed by atoms with E-state index in [1.165, 1.54) is 16.9 Å². The minimum Gasteiger partial charge on any atom is -0.478 e. The van der Waals surface area contributed by atoms with Crippen LogP contribution in [0.25, 0.3) is 0 Å². The average molecular weight is 330 g/mol. The van der Waals surface area contributed by atoms with Gasteiger partial charge in [-0.3, -0.25) is 4.79 Å². The number of amides is 1. The summed E-state index contributed by atoms with van der Waals surface area (Å²) in [5, 5.41) is 5.01. The Hall–Kier alpha value is -1.88. The molecule has 4 nitrogen and oxygen atoms in total. The highest BCUT2D eigenvalue weighted by Gasteiger charge is 2.23. The molecule has 1 atom stereocenters. The monoisotopic (exact) mass is 330 g/mol. The van der Waals surface area contributed by atoms with E-state index in [0.29, 0.717) is 19.0 Å². The van der Waals surface area contributed by atoms with Gasteiger partial charge in [0.25, 0.3) is 5.91 Å². The summed E-state index contributed by atoms with van der Waals surface area (Å²) in [7, 11) is 0. The Labute approximate surface area is 140 Å². The lowest BCUT2D eigenvalue weighted by atomic mass is 9.88. The standard InChI is InChI=1S/C18H22N2O2S/c1-3-22-18-13(5-4-8-19-18)10-20-17(21)15-11-23-16-9-12(2)6-7-14(15)16/h4-5,8,11-12H,3,6-7,9-10H2,1-2H3,(H,20,21). The zero-order valence-corrected chi connectivity index (χ0v) is 14.4. The molecule has 0 saturated carbocycles. The topological polar surface area (TPSA) is 51.2 Å². The normalized spacial score (nSPS) is 16.7. The summed E-state index contributed by atoms with van der Waals surface area (Å²) in [6.07, 6.45) is 4.98. The van der Waals surface area contributed by atoms with Gasteiger partial charge in [0.1, 0.15) is 0 Å². The molecule has 1 N–H and O–H groups in total. The molecule has 0 bridgehead atoms. The molecular weight excluding hydrogens is 308 g/mol. The lowest BCUT2D eigenvalue weighted by Crippen LogP contribution is -2.24. The molecule has 5 heteroatoms. The van der Waals surface area contributed by atoms with E-state index < -0.39 is 0 Å². The van der Waals surface area contributed by atoms with Crippen molar-refractivity contribution in [2.24, 2.45) is 5.92 Å². The number of nitrogens with one attached hydrogen (secondary N) is 1. The maximum absolute atomic E-state index is 12.5. The van der Waals surface area contributed by atoms with Crippen molar-refractivity contribution in [2.45, 2.75) is 39.7 Å². The van der Waals surface area contributed by atoms with E-state index in [2.05, 4.69) is 17.2 Å². The Morgan fingerprint density at radius 1 is 1.52 bits per heavy atom. The van der Waals surface area contributed by atoms with Gasteiger partial charge in [-0.05, 0) is 43.7 Å². The minimum atomic E-state index is 0.00311. The van der Waals surface area contributed by atoms with Gasteiger partial charge < -0.3 is 10.1 Å². The third-order valence-corrected chi connectivity index (χ3v) is 5.27. The molecule has 0 aliphatic heterocycles. The molecule has 1 unspecified atom stereocenters. The Kier molecular flexibility index (Phi) is 4.96. The van der Waals surface area contributed by atoms with Crippen LogP contribution < -0.4 is 10.1 Å². The predicted octanol–water partition coefficient (Wildman–Crippen LogP) is 3.60. The highest BCUT2D eigenvalue weighted by atomic mass is 32.1. The largest absolute Gasteiger partial charge is 0.478 e. The molecule has 1 aliphatic carbocycles. The smallest absolute Gasteiger partial charge is 0.252 e. The van der Waals surface area contributed by atoms with E-state index in [-0.39, 0.29) is 5.91 Å². The van der Waals surface area contributed by atoms with Gasteiger partial charge in [0.2, 0.25) is 5.88 Å². The number of thiophene rings is 1. The first-order chi connectivity index (χ1) is 11.2. The fourth-order valence-corrected chi connectivity index (χ4v) is 4.21. The van der Waals surface area contributed by atoms with Crippen LogP contribution in [0.15, 0.2) is 23.7 Å². The molecule has 3 rings (SSSR count). The summed E-state index contributed by atoms with van der Waals surface area (Å²) in [4.78, 5) is 18.1. The average Bonchev–Trinajstić information content (AvgIpc) is 2.97. The van der Waals surface area contributed by atoms with Gasteiger partial charge in [-0.25, -0.2) is 4.98 Å². The predicted molar refractivity (Wildman–Crippen MR) is 92.1 cm³/mol. The number of rotatable bonds is 5. The Morgan fingerprint density at radius 3 is 3.22 bits per heavy atom. The molecule has 0 spiro atoms. The van der Waals surface area contributed by atoms with E-state index in [4.69, 9.17) is 4.74 Å². The highest BCUT2D eigenvalue weighted by Crippen LogP contribution is 2.32. The molecule has 122 valence electrons. The Balaban J connectivity index is 1.69. The second kappa shape index (κ2) is 7.13. The van der Waals surface area contributed by atoms with Crippen LogP contribution in [0.2, 0.25) is 0 Å². The number of aromatic nitrogens is 1. The van der Waals surface area contributed by atoms with Gasteiger partial charge in [0.15, 0.2) is 0 Å². The first-order valence-electron chi connectivity index (χ1n) is 8.13. The molecule has 1 amide bonds. The fraction of sp³-hybridized carbons (Fsp3) is 0.444. The van der Waals surface area contributed by atoms with Crippen LogP contribution in [0, 0.1) is 5.92 Å². The van der Waals surface area contributed by atoms with Crippen LogP contribution in [0.3, 0.4) is 0 Å². The van der Waals surface area contributed by atoms with Gasteiger partial charge in [-0.1, -0.05) is 13.0 Å². The van der Waals surface area contributed by atoms with E-state index in [9.17, 15) is 4.79 Å². The number of nitrogens with zero attached hydrogens (tertiary/aromatic N) is 1. The van der Waals surface area contributed by atoms with Crippen LogP contribution in [-0.4, -0.2) is 17.5 Å². The lowest BCUT2D eigenvalue weighted by Gasteiger charge is -2.18. The zero-order chi connectivity index (χ0) is 16.2. The first kappa shape index (κ1) is 16.0. The lowest BCUT2D eigenvalue weighted by molar-refractivity contribution is 0.0949. The number of carbonyl (C=O) groups excluding carboxylic acids is 1. The van der Waals surface area contributed by atoms with E-state index in [1.54, 1.807) is 17.5 Å². The first-order valence-corrected chi connectivity index (χ1v) is 9.01. The van der Waals surface area contributed by atoms with Crippen molar-refractivity contribution < 1.29 is 9.53 Å². The van der Waals surface area contributed by atoms with Crippen molar-refractivity contribution in [2.75, 3.05) is 6.61 Å². The van der Waals surface area contributed by atoms with Gasteiger partial charge in [-0.15, -0.1) is 11.3 Å². The maximum Gasteiger partial charge on any atom is 0.252 e. The third kappa shape index (κ3) is 3.55. The number of hydrogen-bond donors (Lipinski definition) is 1. The quantitative estimate of drug-likeness (QED) is 0.911. The van der Waals surface area contributed by atoms with Crippen LogP contribution in [-0.2, 0) is 19.4 Å². The number of pyridine rings is 1. The second-order valence-corrected chi connectivity index (χ2v) is 6.95. The summed E-state index contributed by atoms with van der Waals surface area (Å²) >= 11 is 1.72. The van der Waals surface area contributed by atoms with Crippen LogP contribution in [0.4, 0.5) is 0 Å². The Morgan fingerprint density at radius 2 is 2.39 bits per heavy atom. The van der Waals surface area contributed by atoms with Crippen molar-refractivity contribution in [1.29, 1.82) is 0 Å². The second-order valence-electron chi connectivity index (χ2n) is 5.98. The molecule has 2 aromatic rings. The van der Waals surface area contributed by atoms with Crippen molar-refractivity contribution >= 4 is 17.2 Å². The Bertz CT molecular complexity index is 696. The van der Waals surface area contributed by atoms with Gasteiger partial charge in [0.05, 0.1) is 12.2 Å². The van der Waals surface area contributed by atoms with Crippen LogP contribution in [0.5, 0.6) is 5.88 Å². The van der Waals surface area contributed by atoms with E-state index in [0.717, 1.165) is 29.9 Å². The van der Waals surface area contributed by atoms with Crippen molar-refractivity contribution in [3.8, 4) is 5.88 Å². The van der Waals surface area contributed by atoms with Crippen molar-refractivity contribution in [3.63, 3.8) is 0 Å². The summed E-state index contributed by atoms with van der Waals surface area (Å²) in [6, 6.07) is 3.79. The minimum absolute atomic E-state index is 0.00311. The number of hydrogen-bond acceptors (Lipinski definition) is 4. The number of fused-ring (bicyclic) bond motifs is 1. The zero-order valence-electron chi connectivity index (χ0n) is 13.6.